The SMILES string of the molecule is CCOc1ccccc1[C@@H]1CC(=O)Nc2ccsc21. The van der Waals surface area contributed by atoms with Crippen molar-refractivity contribution in [3.8, 4) is 5.75 Å². The molecule has 1 amide bonds. The molecule has 0 saturated heterocycles. The molecule has 0 bridgehead atoms. The van der Waals surface area contributed by atoms with E-state index in [0.717, 1.165) is 17.0 Å². The smallest absolute Gasteiger partial charge is 0.225 e. The van der Waals surface area contributed by atoms with E-state index in [1.165, 1.54) is 4.88 Å². The van der Waals surface area contributed by atoms with Gasteiger partial charge in [-0.25, -0.2) is 0 Å². The van der Waals surface area contributed by atoms with E-state index in [0.29, 0.717) is 13.0 Å². The van der Waals surface area contributed by atoms with Crippen molar-refractivity contribution < 1.29 is 9.53 Å². The van der Waals surface area contributed by atoms with Gasteiger partial charge >= 0.3 is 0 Å². The second-order valence-electron chi connectivity index (χ2n) is 4.47. The van der Waals surface area contributed by atoms with Crippen LogP contribution < -0.4 is 10.1 Å². The second kappa shape index (κ2) is 5.05. The first-order chi connectivity index (χ1) is 9.29. The van der Waals surface area contributed by atoms with Gasteiger partial charge in [0.05, 0.1) is 12.3 Å². The summed E-state index contributed by atoms with van der Waals surface area (Å²) in [6, 6.07) is 9.95. The first-order valence-corrected chi connectivity index (χ1v) is 7.26. The second-order valence-corrected chi connectivity index (χ2v) is 5.42. The van der Waals surface area contributed by atoms with Gasteiger partial charge in [-0.15, -0.1) is 11.3 Å². The Morgan fingerprint density at radius 1 is 1.37 bits per heavy atom. The lowest BCUT2D eigenvalue weighted by molar-refractivity contribution is -0.116. The Morgan fingerprint density at radius 3 is 3.05 bits per heavy atom. The summed E-state index contributed by atoms with van der Waals surface area (Å²) in [4.78, 5) is 13.0. The number of thiophene rings is 1. The van der Waals surface area contributed by atoms with Crippen LogP contribution in [0.25, 0.3) is 0 Å². The Hall–Kier alpha value is -1.81. The predicted molar refractivity (Wildman–Crippen MR) is 77.0 cm³/mol. The van der Waals surface area contributed by atoms with Gasteiger partial charge < -0.3 is 10.1 Å². The number of rotatable bonds is 3. The summed E-state index contributed by atoms with van der Waals surface area (Å²) in [5.74, 6) is 1.05. The van der Waals surface area contributed by atoms with Gasteiger partial charge in [0.15, 0.2) is 0 Å². The molecule has 1 aliphatic rings. The zero-order valence-electron chi connectivity index (χ0n) is 10.7. The molecule has 0 fully saturated rings. The fraction of sp³-hybridized carbons (Fsp3) is 0.267. The lowest BCUT2D eigenvalue weighted by atomic mass is 9.90. The molecule has 1 aromatic heterocycles. The average Bonchev–Trinajstić information content (AvgIpc) is 2.87. The van der Waals surface area contributed by atoms with Crippen molar-refractivity contribution in [1.82, 2.24) is 0 Å². The molecule has 1 atom stereocenters. The molecule has 0 spiro atoms. The van der Waals surface area contributed by atoms with E-state index in [2.05, 4.69) is 11.4 Å². The summed E-state index contributed by atoms with van der Waals surface area (Å²) in [6.07, 6.45) is 0.484. The average molecular weight is 273 g/mol. The van der Waals surface area contributed by atoms with E-state index >= 15 is 0 Å². The summed E-state index contributed by atoms with van der Waals surface area (Å²) in [6.45, 7) is 2.61. The number of benzene rings is 1. The van der Waals surface area contributed by atoms with Crippen LogP contribution in [0.2, 0.25) is 0 Å². The molecular weight excluding hydrogens is 258 g/mol. The van der Waals surface area contributed by atoms with Crippen LogP contribution in [-0.4, -0.2) is 12.5 Å². The number of hydrogen-bond donors (Lipinski definition) is 1. The molecule has 98 valence electrons. The quantitative estimate of drug-likeness (QED) is 0.927. The van der Waals surface area contributed by atoms with E-state index in [4.69, 9.17) is 4.74 Å². The minimum absolute atomic E-state index is 0.0715. The van der Waals surface area contributed by atoms with Gasteiger partial charge in [-0.3, -0.25) is 4.79 Å². The number of carbonyl (C=O) groups is 1. The van der Waals surface area contributed by atoms with E-state index in [1.807, 2.05) is 36.6 Å². The maximum Gasteiger partial charge on any atom is 0.225 e. The van der Waals surface area contributed by atoms with Gasteiger partial charge in [-0.2, -0.15) is 0 Å². The summed E-state index contributed by atoms with van der Waals surface area (Å²) in [5, 5.41) is 4.94. The lowest BCUT2D eigenvalue weighted by Gasteiger charge is -2.24. The Kier molecular flexibility index (Phi) is 3.25. The van der Waals surface area contributed by atoms with Crippen molar-refractivity contribution in [2.75, 3.05) is 11.9 Å². The Bertz CT molecular complexity index is 606. The molecule has 1 N–H and O–H groups in total. The van der Waals surface area contributed by atoms with Gasteiger partial charge in [0, 0.05) is 22.8 Å². The number of fused-ring (bicyclic) bond motifs is 1. The Morgan fingerprint density at radius 2 is 2.21 bits per heavy atom. The minimum atomic E-state index is 0.0715. The third-order valence-electron chi connectivity index (χ3n) is 3.27. The maximum absolute atomic E-state index is 11.8. The van der Waals surface area contributed by atoms with Gasteiger partial charge in [-0.1, -0.05) is 18.2 Å². The Labute approximate surface area is 116 Å². The molecular formula is C15H15NO2S. The Balaban J connectivity index is 2.06. The highest BCUT2D eigenvalue weighted by molar-refractivity contribution is 7.10. The lowest BCUT2D eigenvalue weighted by Crippen LogP contribution is -2.22. The van der Waals surface area contributed by atoms with Crippen molar-refractivity contribution >= 4 is 22.9 Å². The molecule has 0 radical (unpaired) electrons. The summed E-state index contributed by atoms with van der Waals surface area (Å²) >= 11 is 1.69. The highest BCUT2D eigenvalue weighted by atomic mass is 32.1. The highest BCUT2D eigenvalue weighted by Crippen LogP contribution is 2.43. The van der Waals surface area contributed by atoms with Gasteiger partial charge in [0.1, 0.15) is 5.75 Å². The first kappa shape index (κ1) is 12.2. The molecule has 0 unspecified atom stereocenters. The van der Waals surface area contributed by atoms with Crippen LogP contribution in [0.4, 0.5) is 5.69 Å². The van der Waals surface area contributed by atoms with E-state index in [1.54, 1.807) is 11.3 Å². The fourth-order valence-corrected chi connectivity index (χ4v) is 3.45. The van der Waals surface area contributed by atoms with Crippen LogP contribution in [0, 0.1) is 0 Å². The van der Waals surface area contributed by atoms with Crippen molar-refractivity contribution in [2.24, 2.45) is 0 Å². The first-order valence-electron chi connectivity index (χ1n) is 6.38. The van der Waals surface area contributed by atoms with Crippen LogP contribution >= 0.6 is 11.3 Å². The molecule has 1 aliphatic heterocycles. The topological polar surface area (TPSA) is 38.3 Å². The molecule has 2 heterocycles. The number of anilines is 1. The van der Waals surface area contributed by atoms with E-state index < -0.39 is 0 Å². The maximum atomic E-state index is 11.8. The van der Waals surface area contributed by atoms with E-state index in [-0.39, 0.29) is 11.8 Å². The van der Waals surface area contributed by atoms with Crippen molar-refractivity contribution in [3.05, 3.63) is 46.2 Å². The van der Waals surface area contributed by atoms with Crippen LogP contribution in [0.15, 0.2) is 35.7 Å². The monoisotopic (exact) mass is 273 g/mol. The molecule has 0 saturated carbocycles. The molecule has 2 aromatic rings. The molecule has 1 aromatic carbocycles. The van der Waals surface area contributed by atoms with Crippen LogP contribution in [0.5, 0.6) is 5.75 Å². The predicted octanol–water partition coefficient (Wildman–Crippen LogP) is 3.62. The third-order valence-corrected chi connectivity index (χ3v) is 4.30. The molecule has 3 nitrogen and oxygen atoms in total. The van der Waals surface area contributed by atoms with E-state index in [9.17, 15) is 4.79 Å². The molecule has 3 rings (SSSR count). The summed E-state index contributed by atoms with van der Waals surface area (Å²) in [7, 11) is 0. The van der Waals surface area contributed by atoms with Crippen LogP contribution in [0.1, 0.15) is 29.7 Å². The summed E-state index contributed by atoms with van der Waals surface area (Å²) in [5.41, 5.74) is 2.04. The largest absolute Gasteiger partial charge is 0.494 e. The number of amides is 1. The number of hydrogen-bond acceptors (Lipinski definition) is 3. The van der Waals surface area contributed by atoms with Crippen molar-refractivity contribution in [1.29, 1.82) is 0 Å². The fourth-order valence-electron chi connectivity index (χ4n) is 2.48. The minimum Gasteiger partial charge on any atom is -0.494 e. The van der Waals surface area contributed by atoms with Crippen LogP contribution in [0.3, 0.4) is 0 Å². The third kappa shape index (κ3) is 2.24. The van der Waals surface area contributed by atoms with Gasteiger partial charge in [-0.05, 0) is 24.4 Å². The standard InChI is InChI=1S/C15H15NO2S/c1-2-18-13-6-4-3-5-10(13)11-9-14(17)16-12-7-8-19-15(11)12/h3-8,11H,2,9H2,1H3,(H,16,17)/t11-/m0/s1. The highest BCUT2D eigenvalue weighted by Gasteiger charge is 2.29. The number of para-hydroxylation sites is 1. The summed E-state index contributed by atoms with van der Waals surface area (Å²) < 4.78 is 5.69. The normalized spacial score (nSPS) is 17.7. The van der Waals surface area contributed by atoms with Crippen molar-refractivity contribution in [3.63, 3.8) is 0 Å². The van der Waals surface area contributed by atoms with Crippen molar-refractivity contribution in [2.45, 2.75) is 19.3 Å². The zero-order chi connectivity index (χ0) is 13.2. The zero-order valence-corrected chi connectivity index (χ0v) is 11.5. The van der Waals surface area contributed by atoms with Crippen LogP contribution in [-0.2, 0) is 4.79 Å². The molecule has 4 heteroatoms. The molecule has 19 heavy (non-hydrogen) atoms. The van der Waals surface area contributed by atoms with Gasteiger partial charge in [0.25, 0.3) is 0 Å². The number of ether oxygens (including phenoxy) is 1. The number of carbonyl (C=O) groups excluding carboxylic acids is 1. The number of nitrogens with one attached hydrogen (secondary N) is 1. The van der Waals surface area contributed by atoms with Gasteiger partial charge in [0.2, 0.25) is 5.91 Å². The molecule has 0 aliphatic carbocycles.